The molecule has 144 valence electrons. The van der Waals surface area contributed by atoms with E-state index >= 15 is 0 Å². The normalized spacial score (nSPS) is 11.3. The number of thioether (sulfide) groups is 1. The highest BCUT2D eigenvalue weighted by Crippen LogP contribution is 2.27. The zero-order valence-electron chi connectivity index (χ0n) is 15.6. The van der Waals surface area contributed by atoms with Gasteiger partial charge in [-0.3, -0.25) is 9.78 Å². The number of aryl methyl sites for hydroxylation is 1. The van der Waals surface area contributed by atoms with Gasteiger partial charge in [0.15, 0.2) is 5.16 Å². The summed E-state index contributed by atoms with van der Waals surface area (Å²) in [5.74, 6) is 1.61. The van der Waals surface area contributed by atoms with Crippen LogP contribution in [-0.4, -0.2) is 38.0 Å². The Labute approximate surface area is 165 Å². The zero-order chi connectivity index (χ0) is 19.9. The smallest absolute Gasteiger partial charge is 0.274 e. The standard InChI is InChI=1S/C18H19N7O2S/c1-11(22-24-17-21-16(26)12(2)23-25-17)13-5-6-15(27-3)14(9-13)10-28-18-19-7-4-8-20-18/h4-9H,10H2,1-3H3,(H2,21,24,25,26)/b22-11-. The molecule has 0 aliphatic rings. The van der Waals surface area contributed by atoms with E-state index in [1.807, 2.05) is 25.1 Å². The third kappa shape index (κ3) is 4.92. The van der Waals surface area contributed by atoms with Crippen molar-refractivity contribution in [2.75, 3.05) is 12.5 Å². The Bertz CT molecular complexity index is 1040. The summed E-state index contributed by atoms with van der Waals surface area (Å²) >= 11 is 1.52. The van der Waals surface area contributed by atoms with Gasteiger partial charge in [-0.1, -0.05) is 11.8 Å². The maximum atomic E-state index is 11.6. The van der Waals surface area contributed by atoms with Crippen LogP contribution in [0.4, 0.5) is 5.95 Å². The van der Waals surface area contributed by atoms with Gasteiger partial charge in [-0.15, -0.1) is 10.2 Å². The van der Waals surface area contributed by atoms with Crippen LogP contribution in [0.5, 0.6) is 5.75 Å². The number of aromatic nitrogens is 5. The average Bonchev–Trinajstić information content (AvgIpc) is 2.73. The highest BCUT2D eigenvalue weighted by molar-refractivity contribution is 7.98. The van der Waals surface area contributed by atoms with Crippen LogP contribution in [0.25, 0.3) is 0 Å². The largest absolute Gasteiger partial charge is 0.496 e. The number of ether oxygens (including phenoxy) is 1. The quantitative estimate of drug-likeness (QED) is 0.270. The highest BCUT2D eigenvalue weighted by Gasteiger charge is 2.09. The van der Waals surface area contributed by atoms with E-state index < -0.39 is 0 Å². The number of H-pyrrole nitrogens is 1. The second kappa shape index (κ2) is 9.09. The van der Waals surface area contributed by atoms with E-state index in [0.717, 1.165) is 16.9 Å². The topological polar surface area (TPSA) is 118 Å². The van der Waals surface area contributed by atoms with Gasteiger partial charge in [0.05, 0.1) is 12.8 Å². The number of nitrogens with one attached hydrogen (secondary N) is 2. The third-order valence-electron chi connectivity index (χ3n) is 3.79. The number of anilines is 1. The Morgan fingerprint density at radius 3 is 2.79 bits per heavy atom. The molecule has 0 amide bonds. The minimum absolute atomic E-state index is 0.181. The van der Waals surface area contributed by atoms with Crippen molar-refractivity contribution in [3.8, 4) is 5.75 Å². The molecule has 3 rings (SSSR count). The second-order valence-corrected chi connectivity index (χ2v) is 6.69. The van der Waals surface area contributed by atoms with Crippen molar-refractivity contribution in [1.29, 1.82) is 0 Å². The molecule has 9 nitrogen and oxygen atoms in total. The maximum absolute atomic E-state index is 11.6. The fourth-order valence-corrected chi connectivity index (χ4v) is 3.04. The monoisotopic (exact) mass is 397 g/mol. The van der Waals surface area contributed by atoms with Gasteiger partial charge in [-0.2, -0.15) is 5.10 Å². The van der Waals surface area contributed by atoms with Crippen LogP contribution in [0.2, 0.25) is 0 Å². The van der Waals surface area contributed by atoms with Gasteiger partial charge in [0.2, 0.25) is 5.95 Å². The summed E-state index contributed by atoms with van der Waals surface area (Å²) in [4.78, 5) is 22.6. The van der Waals surface area contributed by atoms with E-state index in [1.54, 1.807) is 32.5 Å². The minimum Gasteiger partial charge on any atom is -0.496 e. The summed E-state index contributed by atoms with van der Waals surface area (Å²) in [5, 5.41) is 12.6. The molecule has 2 N–H and O–H groups in total. The number of rotatable bonds is 7. The first kappa shape index (κ1) is 19.5. The highest BCUT2D eigenvalue weighted by atomic mass is 32.2. The van der Waals surface area contributed by atoms with Gasteiger partial charge in [-0.05, 0) is 43.7 Å². The molecule has 0 bridgehead atoms. The number of hydrogen-bond donors (Lipinski definition) is 2. The lowest BCUT2D eigenvalue weighted by molar-refractivity contribution is 0.411. The molecule has 0 saturated heterocycles. The lowest BCUT2D eigenvalue weighted by atomic mass is 10.1. The fraction of sp³-hybridized carbons (Fsp3) is 0.222. The Morgan fingerprint density at radius 2 is 2.07 bits per heavy atom. The maximum Gasteiger partial charge on any atom is 0.274 e. The zero-order valence-corrected chi connectivity index (χ0v) is 16.4. The molecule has 1 aromatic carbocycles. The van der Waals surface area contributed by atoms with Crippen LogP contribution in [0.15, 0.2) is 51.7 Å². The average molecular weight is 397 g/mol. The summed E-state index contributed by atoms with van der Waals surface area (Å²) in [6.07, 6.45) is 3.42. The Balaban J connectivity index is 1.76. The number of methoxy groups -OCH3 is 1. The van der Waals surface area contributed by atoms with E-state index in [4.69, 9.17) is 4.74 Å². The molecule has 3 aromatic rings. The van der Waals surface area contributed by atoms with Crippen molar-refractivity contribution in [2.24, 2.45) is 5.10 Å². The number of nitrogens with zero attached hydrogens (tertiary/aromatic N) is 5. The van der Waals surface area contributed by atoms with Crippen molar-refractivity contribution in [1.82, 2.24) is 25.1 Å². The minimum atomic E-state index is -0.308. The Hall–Kier alpha value is -3.27. The summed E-state index contributed by atoms with van der Waals surface area (Å²) in [5.41, 5.74) is 5.32. The SMILES string of the molecule is COc1ccc(/C(C)=N\Nc2nnc(C)c(=O)[nH]2)cc1CSc1ncccn1. The number of benzene rings is 1. The van der Waals surface area contributed by atoms with Crippen molar-refractivity contribution >= 4 is 23.4 Å². The molecular weight excluding hydrogens is 378 g/mol. The van der Waals surface area contributed by atoms with E-state index in [9.17, 15) is 4.79 Å². The molecule has 0 fully saturated rings. The molecule has 0 saturated carbocycles. The first-order valence-electron chi connectivity index (χ1n) is 8.38. The van der Waals surface area contributed by atoms with Crippen molar-refractivity contribution in [2.45, 2.75) is 24.8 Å². The molecular formula is C18H19N7O2S. The van der Waals surface area contributed by atoms with Crippen LogP contribution in [0, 0.1) is 6.92 Å². The van der Waals surface area contributed by atoms with Crippen molar-refractivity contribution < 1.29 is 4.74 Å². The molecule has 2 heterocycles. The number of hydrogen-bond acceptors (Lipinski definition) is 9. The molecule has 2 aromatic heterocycles. The van der Waals surface area contributed by atoms with Gasteiger partial charge in [0.1, 0.15) is 11.4 Å². The molecule has 10 heteroatoms. The molecule has 28 heavy (non-hydrogen) atoms. The first-order chi connectivity index (χ1) is 13.6. The van der Waals surface area contributed by atoms with Gasteiger partial charge in [0, 0.05) is 23.7 Å². The van der Waals surface area contributed by atoms with Gasteiger partial charge >= 0.3 is 0 Å². The molecule has 0 unspecified atom stereocenters. The third-order valence-corrected chi connectivity index (χ3v) is 4.71. The van der Waals surface area contributed by atoms with Crippen LogP contribution in [-0.2, 0) is 5.75 Å². The van der Waals surface area contributed by atoms with Crippen molar-refractivity contribution in [3.05, 3.63) is 63.8 Å². The predicted molar refractivity (Wildman–Crippen MR) is 108 cm³/mol. The first-order valence-corrected chi connectivity index (χ1v) is 9.36. The summed E-state index contributed by atoms with van der Waals surface area (Å²) < 4.78 is 5.45. The van der Waals surface area contributed by atoms with Gasteiger partial charge in [-0.25, -0.2) is 15.4 Å². The fourth-order valence-electron chi connectivity index (χ4n) is 2.26. The predicted octanol–water partition coefficient (Wildman–Crippen LogP) is 2.40. The molecule has 0 aliphatic heterocycles. The van der Waals surface area contributed by atoms with E-state index in [1.165, 1.54) is 11.8 Å². The van der Waals surface area contributed by atoms with Crippen molar-refractivity contribution in [3.63, 3.8) is 0 Å². The summed E-state index contributed by atoms with van der Waals surface area (Å²) in [6.45, 7) is 3.44. The van der Waals surface area contributed by atoms with Crippen LogP contribution < -0.4 is 15.7 Å². The lowest BCUT2D eigenvalue weighted by Gasteiger charge is -2.10. The summed E-state index contributed by atoms with van der Waals surface area (Å²) in [6, 6.07) is 7.59. The van der Waals surface area contributed by atoms with E-state index in [-0.39, 0.29) is 11.5 Å². The number of aromatic amines is 1. The van der Waals surface area contributed by atoms with Gasteiger partial charge < -0.3 is 4.74 Å². The Kier molecular flexibility index (Phi) is 6.33. The molecule has 0 radical (unpaired) electrons. The molecule has 0 atom stereocenters. The molecule has 0 aliphatic carbocycles. The van der Waals surface area contributed by atoms with Crippen LogP contribution in [0.3, 0.4) is 0 Å². The van der Waals surface area contributed by atoms with E-state index in [2.05, 4.69) is 35.7 Å². The van der Waals surface area contributed by atoms with Gasteiger partial charge in [0.25, 0.3) is 5.56 Å². The van der Waals surface area contributed by atoms with Crippen LogP contribution in [0.1, 0.15) is 23.7 Å². The van der Waals surface area contributed by atoms with Crippen LogP contribution >= 0.6 is 11.8 Å². The summed E-state index contributed by atoms with van der Waals surface area (Å²) in [7, 11) is 1.64. The molecule has 0 spiro atoms. The second-order valence-electron chi connectivity index (χ2n) is 5.74. The van der Waals surface area contributed by atoms with E-state index in [0.29, 0.717) is 22.3 Å². The lowest BCUT2D eigenvalue weighted by Crippen LogP contribution is -2.16. The Morgan fingerprint density at radius 1 is 1.29 bits per heavy atom. The number of hydrazone groups is 1.